The lowest BCUT2D eigenvalue weighted by molar-refractivity contribution is -0.167. The predicted octanol–water partition coefficient (Wildman–Crippen LogP) is 19.8. The van der Waals surface area contributed by atoms with Crippen molar-refractivity contribution in [2.45, 2.75) is 252 Å². The molecule has 1 atom stereocenters. The molecule has 72 heavy (non-hydrogen) atoms. The van der Waals surface area contributed by atoms with Crippen molar-refractivity contribution in [1.29, 1.82) is 0 Å². The van der Waals surface area contributed by atoms with Crippen LogP contribution in [0, 0.1) is 0 Å². The van der Waals surface area contributed by atoms with Crippen LogP contribution in [0.25, 0.3) is 0 Å². The third kappa shape index (κ3) is 56.5. The molecule has 0 amide bonds. The normalized spacial score (nSPS) is 13.1. The van der Waals surface area contributed by atoms with Gasteiger partial charge in [0.1, 0.15) is 13.2 Å². The SMILES string of the molecule is CC/C=C\C/C=C\C/C=C\C/C=C\C/C=C\CCCCCCCC(=O)OCC(COC(=O)CCCC/C=C\C/C=C\C/C=C\C/C=C\CC)OC(=O)CCCCCCCCC/C=C\C/C=C\CCCCCC. The maximum atomic E-state index is 12.9. The van der Waals surface area contributed by atoms with Gasteiger partial charge in [0.25, 0.3) is 0 Å². The van der Waals surface area contributed by atoms with Crippen molar-refractivity contribution in [2.24, 2.45) is 0 Å². The fourth-order valence-corrected chi connectivity index (χ4v) is 7.55. The molecule has 0 aromatic heterocycles. The largest absolute Gasteiger partial charge is 0.462 e. The van der Waals surface area contributed by atoms with Gasteiger partial charge in [-0.3, -0.25) is 14.4 Å². The lowest BCUT2D eigenvalue weighted by Gasteiger charge is -2.18. The molecule has 0 aromatic carbocycles. The Morgan fingerprint density at radius 1 is 0.292 bits per heavy atom. The van der Waals surface area contributed by atoms with Crippen molar-refractivity contribution >= 4 is 17.9 Å². The summed E-state index contributed by atoms with van der Waals surface area (Å²) in [5, 5.41) is 0. The second kappa shape index (κ2) is 59.1. The molecule has 0 spiro atoms. The molecule has 0 aliphatic carbocycles. The van der Waals surface area contributed by atoms with Gasteiger partial charge in [-0.15, -0.1) is 0 Å². The molecule has 1 unspecified atom stereocenters. The Morgan fingerprint density at radius 3 is 0.875 bits per heavy atom. The van der Waals surface area contributed by atoms with Crippen molar-refractivity contribution in [3.8, 4) is 0 Å². The van der Waals surface area contributed by atoms with Crippen LogP contribution in [-0.4, -0.2) is 37.2 Å². The average Bonchev–Trinajstić information content (AvgIpc) is 3.38. The molecule has 0 bridgehead atoms. The van der Waals surface area contributed by atoms with Gasteiger partial charge in [-0.25, -0.2) is 0 Å². The number of hydrogen-bond acceptors (Lipinski definition) is 6. The van der Waals surface area contributed by atoms with E-state index in [0.717, 1.165) is 141 Å². The van der Waals surface area contributed by atoms with Crippen LogP contribution in [0.5, 0.6) is 0 Å². The Labute approximate surface area is 443 Å². The van der Waals surface area contributed by atoms with E-state index >= 15 is 0 Å². The van der Waals surface area contributed by atoms with Crippen molar-refractivity contribution in [1.82, 2.24) is 0 Å². The Morgan fingerprint density at radius 2 is 0.542 bits per heavy atom. The Kier molecular flexibility index (Phi) is 55.5. The van der Waals surface area contributed by atoms with Crippen LogP contribution < -0.4 is 0 Å². The molecule has 0 heterocycles. The lowest BCUT2D eigenvalue weighted by atomic mass is 10.1. The monoisotopic (exact) mass is 995 g/mol. The van der Waals surface area contributed by atoms with Crippen LogP contribution in [-0.2, 0) is 28.6 Å². The predicted molar refractivity (Wildman–Crippen MR) is 311 cm³/mol. The molecule has 0 aliphatic heterocycles. The number of unbranched alkanes of at least 4 members (excludes halogenated alkanes) is 18. The van der Waals surface area contributed by atoms with Gasteiger partial charge in [-0.05, 0) is 135 Å². The molecule has 6 nitrogen and oxygen atoms in total. The summed E-state index contributed by atoms with van der Waals surface area (Å²) in [7, 11) is 0. The maximum Gasteiger partial charge on any atom is 0.306 e. The van der Waals surface area contributed by atoms with E-state index in [1.54, 1.807) is 0 Å². The number of hydrogen-bond donors (Lipinski definition) is 0. The Bertz CT molecular complexity index is 1560. The van der Waals surface area contributed by atoms with Crippen LogP contribution >= 0.6 is 0 Å². The van der Waals surface area contributed by atoms with Gasteiger partial charge in [0.15, 0.2) is 6.10 Å². The molecule has 0 N–H and O–H groups in total. The third-order valence-electron chi connectivity index (χ3n) is 11.9. The van der Waals surface area contributed by atoms with E-state index in [2.05, 4.69) is 154 Å². The summed E-state index contributed by atoms with van der Waals surface area (Å²) < 4.78 is 16.8. The molecule has 0 saturated heterocycles. The maximum absolute atomic E-state index is 12.9. The number of carbonyl (C=O) groups is 3. The van der Waals surface area contributed by atoms with Crippen LogP contribution in [0.1, 0.15) is 245 Å². The standard InChI is InChI=1S/C66H106O6/c1-4-7-10-13-16-19-22-25-28-30-32-33-34-36-38-41-44-47-50-53-56-59-65(68)71-62-63(61-70-64(67)58-55-52-49-46-43-40-37-27-24-21-18-15-12-9-6-3)72-66(69)60-57-54-51-48-45-42-39-35-31-29-26-23-20-17-14-11-8-5-2/h7,9-10,12,16,18-21,23,25,27-29,31-33,36-38,43,46,63H,4-6,8,11,13-15,17,22,24,26,30,34-35,39-42,44-45,47-62H2,1-3H3/b10-7-,12-9-,19-16-,21-18-,23-20-,28-25-,31-29-,33-32-,37-27-,38-36-,46-43-. The molecule has 406 valence electrons. The van der Waals surface area contributed by atoms with E-state index in [0.29, 0.717) is 25.7 Å². The van der Waals surface area contributed by atoms with Crippen molar-refractivity contribution in [3.63, 3.8) is 0 Å². The van der Waals surface area contributed by atoms with Crippen molar-refractivity contribution < 1.29 is 28.6 Å². The molecule has 0 fully saturated rings. The summed E-state index contributed by atoms with van der Waals surface area (Å²) in [5.74, 6) is -0.980. The van der Waals surface area contributed by atoms with Crippen molar-refractivity contribution in [2.75, 3.05) is 13.2 Å². The van der Waals surface area contributed by atoms with E-state index in [1.807, 2.05) is 0 Å². The molecule has 0 rings (SSSR count). The lowest BCUT2D eigenvalue weighted by Crippen LogP contribution is -2.30. The highest BCUT2D eigenvalue weighted by molar-refractivity contribution is 5.71. The van der Waals surface area contributed by atoms with Crippen molar-refractivity contribution in [3.05, 3.63) is 134 Å². The van der Waals surface area contributed by atoms with E-state index < -0.39 is 6.10 Å². The molecule has 6 heteroatoms. The number of allylic oxidation sites excluding steroid dienone is 22. The minimum absolute atomic E-state index is 0.109. The first-order chi connectivity index (χ1) is 35.5. The van der Waals surface area contributed by atoms with E-state index in [-0.39, 0.29) is 31.1 Å². The zero-order valence-corrected chi connectivity index (χ0v) is 46.4. The molecule has 0 radical (unpaired) electrons. The molecular weight excluding hydrogens is 889 g/mol. The quantitative estimate of drug-likeness (QED) is 0.0261. The summed E-state index contributed by atoms with van der Waals surface area (Å²) in [6, 6.07) is 0. The zero-order chi connectivity index (χ0) is 52.2. The molecule has 0 aromatic rings. The van der Waals surface area contributed by atoms with Gasteiger partial charge in [-0.1, -0.05) is 225 Å². The molecule has 0 saturated carbocycles. The van der Waals surface area contributed by atoms with Crippen LogP contribution in [0.2, 0.25) is 0 Å². The fraction of sp³-hybridized carbons (Fsp3) is 0.621. The second-order valence-electron chi connectivity index (χ2n) is 18.8. The number of carbonyl (C=O) groups excluding carboxylic acids is 3. The topological polar surface area (TPSA) is 78.9 Å². The summed E-state index contributed by atoms with van der Waals surface area (Å²) in [6.07, 6.45) is 83.0. The van der Waals surface area contributed by atoms with Gasteiger partial charge in [0.05, 0.1) is 0 Å². The second-order valence-corrected chi connectivity index (χ2v) is 18.8. The minimum Gasteiger partial charge on any atom is -0.462 e. The van der Waals surface area contributed by atoms with Crippen LogP contribution in [0.15, 0.2) is 134 Å². The van der Waals surface area contributed by atoms with E-state index in [9.17, 15) is 14.4 Å². The van der Waals surface area contributed by atoms with Gasteiger partial charge in [0, 0.05) is 19.3 Å². The van der Waals surface area contributed by atoms with Crippen LogP contribution in [0.3, 0.4) is 0 Å². The third-order valence-corrected chi connectivity index (χ3v) is 11.9. The minimum atomic E-state index is -0.814. The van der Waals surface area contributed by atoms with E-state index in [1.165, 1.54) is 57.8 Å². The Hall–Kier alpha value is -4.45. The van der Waals surface area contributed by atoms with Gasteiger partial charge in [0.2, 0.25) is 0 Å². The zero-order valence-electron chi connectivity index (χ0n) is 46.4. The first-order valence-electron chi connectivity index (χ1n) is 29.2. The molecule has 0 aliphatic rings. The fourth-order valence-electron chi connectivity index (χ4n) is 7.55. The summed E-state index contributed by atoms with van der Waals surface area (Å²) in [6.45, 7) is 6.33. The highest BCUT2D eigenvalue weighted by Gasteiger charge is 2.19. The number of ether oxygens (including phenoxy) is 3. The molecular formula is C66H106O6. The number of esters is 3. The highest BCUT2D eigenvalue weighted by atomic mass is 16.6. The number of rotatable bonds is 51. The highest BCUT2D eigenvalue weighted by Crippen LogP contribution is 2.13. The van der Waals surface area contributed by atoms with Gasteiger partial charge < -0.3 is 14.2 Å². The summed E-state index contributed by atoms with van der Waals surface area (Å²) in [5.41, 5.74) is 0. The van der Waals surface area contributed by atoms with Gasteiger partial charge in [-0.2, -0.15) is 0 Å². The first kappa shape index (κ1) is 67.5. The first-order valence-corrected chi connectivity index (χ1v) is 29.2. The Balaban J connectivity index is 4.51. The summed E-state index contributed by atoms with van der Waals surface area (Å²) >= 11 is 0. The van der Waals surface area contributed by atoms with Gasteiger partial charge >= 0.3 is 17.9 Å². The smallest absolute Gasteiger partial charge is 0.306 e. The van der Waals surface area contributed by atoms with Crippen LogP contribution in [0.4, 0.5) is 0 Å². The average molecular weight is 996 g/mol. The van der Waals surface area contributed by atoms with E-state index in [4.69, 9.17) is 14.2 Å². The summed E-state index contributed by atoms with van der Waals surface area (Å²) in [4.78, 5) is 38.2.